The fourth-order valence-corrected chi connectivity index (χ4v) is 4.12. The summed E-state index contributed by atoms with van der Waals surface area (Å²) in [6.45, 7) is 0. The van der Waals surface area contributed by atoms with Crippen LogP contribution in [0.15, 0.2) is 24.3 Å². The van der Waals surface area contributed by atoms with Crippen LogP contribution < -0.4 is 5.32 Å². The van der Waals surface area contributed by atoms with Gasteiger partial charge in [-0.1, -0.05) is 24.6 Å². The highest BCUT2D eigenvalue weighted by Crippen LogP contribution is 2.32. The van der Waals surface area contributed by atoms with E-state index in [2.05, 4.69) is 27.5 Å². The Bertz CT molecular complexity index is 681. The lowest BCUT2D eigenvalue weighted by atomic mass is 9.82. The van der Waals surface area contributed by atoms with Crippen molar-refractivity contribution < 1.29 is 4.79 Å². The molecular formula is C17H22N4O. The SMILES string of the molecule is CN1[C@H]2CCC[C@H]1CC(NC(=O)c1n[nH]c3ccccc13)C2. The number of fused-ring (bicyclic) bond motifs is 3. The summed E-state index contributed by atoms with van der Waals surface area (Å²) < 4.78 is 0. The van der Waals surface area contributed by atoms with Crippen molar-refractivity contribution >= 4 is 16.8 Å². The number of rotatable bonds is 2. The monoisotopic (exact) mass is 298 g/mol. The van der Waals surface area contributed by atoms with Crippen molar-refractivity contribution in [1.29, 1.82) is 0 Å². The van der Waals surface area contributed by atoms with Gasteiger partial charge in [0.2, 0.25) is 0 Å². The number of H-pyrrole nitrogens is 1. The van der Waals surface area contributed by atoms with E-state index in [0.717, 1.165) is 23.7 Å². The smallest absolute Gasteiger partial charge is 0.272 e. The Kier molecular flexibility index (Phi) is 3.37. The van der Waals surface area contributed by atoms with Gasteiger partial charge < -0.3 is 10.2 Å². The number of benzene rings is 1. The molecule has 2 N–H and O–H groups in total. The minimum absolute atomic E-state index is 0.0509. The summed E-state index contributed by atoms with van der Waals surface area (Å²) in [7, 11) is 2.23. The lowest BCUT2D eigenvalue weighted by molar-refractivity contribution is 0.0462. The van der Waals surface area contributed by atoms with Crippen molar-refractivity contribution in [3.63, 3.8) is 0 Å². The van der Waals surface area contributed by atoms with Crippen LogP contribution in [-0.4, -0.2) is 46.2 Å². The van der Waals surface area contributed by atoms with Gasteiger partial charge in [-0.2, -0.15) is 5.10 Å². The molecule has 4 rings (SSSR count). The number of aromatic nitrogens is 2. The van der Waals surface area contributed by atoms with E-state index >= 15 is 0 Å². The highest BCUT2D eigenvalue weighted by atomic mass is 16.2. The molecule has 2 bridgehead atoms. The normalized spacial score (nSPS) is 28.7. The molecule has 0 unspecified atom stereocenters. The molecule has 1 aromatic carbocycles. The second-order valence-electron chi connectivity index (χ2n) is 6.66. The fourth-order valence-electron chi connectivity index (χ4n) is 4.12. The Hall–Kier alpha value is -1.88. The number of nitrogens with one attached hydrogen (secondary N) is 2. The van der Waals surface area contributed by atoms with Gasteiger partial charge in [0.15, 0.2) is 5.69 Å². The zero-order valence-electron chi connectivity index (χ0n) is 12.9. The van der Waals surface area contributed by atoms with Gasteiger partial charge in [-0.05, 0) is 38.8 Å². The maximum absolute atomic E-state index is 12.6. The second kappa shape index (κ2) is 5.39. The van der Waals surface area contributed by atoms with Crippen molar-refractivity contribution in [1.82, 2.24) is 20.4 Å². The van der Waals surface area contributed by atoms with E-state index in [1.807, 2.05) is 24.3 Å². The van der Waals surface area contributed by atoms with Crippen LogP contribution in [0.4, 0.5) is 0 Å². The van der Waals surface area contributed by atoms with Crippen LogP contribution in [-0.2, 0) is 0 Å². The zero-order valence-corrected chi connectivity index (χ0v) is 12.9. The molecule has 2 aromatic rings. The summed E-state index contributed by atoms with van der Waals surface area (Å²) in [5.41, 5.74) is 1.42. The second-order valence-corrected chi connectivity index (χ2v) is 6.66. The van der Waals surface area contributed by atoms with E-state index in [-0.39, 0.29) is 11.9 Å². The van der Waals surface area contributed by atoms with Gasteiger partial charge in [-0.25, -0.2) is 0 Å². The predicted octanol–water partition coefficient (Wildman–Crippen LogP) is 2.31. The molecule has 2 atom stereocenters. The summed E-state index contributed by atoms with van der Waals surface area (Å²) >= 11 is 0. The molecule has 0 saturated carbocycles. The third-order valence-corrected chi connectivity index (χ3v) is 5.36. The summed E-state index contributed by atoms with van der Waals surface area (Å²) in [5, 5.41) is 11.2. The summed E-state index contributed by atoms with van der Waals surface area (Å²) in [6, 6.07) is 9.28. The van der Waals surface area contributed by atoms with Crippen molar-refractivity contribution in [2.75, 3.05) is 7.05 Å². The Morgan fingerprint density at radius 1 is 1.27 bits per heavy atom. The number of carbonyl (C=O) groups excluding carboxylic acids is 1. The van der Waals surface area contributed by atoms with Crippen molar-refractivity contribution in [3.8, 4) is 0 Å². The molecule has 116 valence electrons. The number of para-hydroxylation sites is 1. The summed E-state index contributed by atoms with van der Waals surface area (Å²) in [4.78, 5) is 15.1. The van der Waals surface area contributed by atoms with Gasteiger partial charge >= 0.3 is 0 Å². The first-order valence-electron chi connectivity index (χ1n) is 8.18. The van der Waals surface area contributed by atoms with Gasteiger partial charge in [-0.15, -0.1) is 0 Å². The van der Waals surface area contributed by atoms with E-state index in [0.29, 0.717) is 17.8 Å². The molecule has 1 aromatic heterocycles. The van der Waals surface area contributed by atoms with Gasteiger partial charge in [0, 0.05) is 23.5 Å². The highest BCUT2D eigenvalue weighted by Gasteiger charge is 2.36. The third kappa shape index (κ3) is 2.29. The van der Waals surface area contributed by atoms with E-state index in [4.69, 9.17) is 0 Å². The molecule has 3 heterocycles. The third-order valence-electron chi connectivity index (χ3n) is 5.36. The molecule has 22 heavy (non-hydrogen) atoms. The molecule has 0 radical (unpaired) electrons. The minimum Gasteiger partial charge on any atom is -0.348 e. The summed E-state index contributed by atoms with van der Waals surface area (Å²) in [6.07, 6.45) is 5.95. The molecule has 0 aliphatic carbocycles. The number of hydrogen-bond donors (Lipinski definition) is 2. The van der Waals surface area contributed by atoms with Crippen LogP contribution in [0.5, 0.6) is 0 Å². The van der Waals surface area contributed by atoms with Gasteiger partial charge in [0.25, 0.3) is 5.91 Å². The number of piperidine rings is 2. The number of aromatic amines is 1. The van der Waals surface area contributed by atoms with Crippen molar-refractivity contribution in [3.05, 3.63) is 30.0 Å². The fraction of sp³-hybridized carbons (Fsp3) is 0.529. The molecule has 2 aliphatic heterocycles. The highest BCUT2D eigenvalue weighted by molar-refractivity contribution is 6.04. The van der Waals surface area contributed by atoms with E-state index < -0.39 is 0 Å². The Morgan fingerprint density at radius 2 is 2.00 bits per heavy atom. The molecule has 2 aliphatic rings. The topological polar surface area (TPSA) is 61.0 Å². The first-order chi connectivity index (χ1) is 10.7. The lowest BCUT2D eigenvalue weighted by Gasteiger charge is -2.47. The lowest BCUT2D eigenvalue weighted by Crippen LogP contribution is -2.55. The van der Waals surface area contributed by atoms with Gasteiger partial charge in [0.05, 0.1) is 5.52 Å². The Balaban J connectivity index is 1.50. The van der Waals surface area contributed by atoms with Crippen LogP contribution in [0.25, 0.3) is 10.9 Å². The molecule has 5 heteroatoms. The number of hydrogen-bond acceptors (Lipinski definition) is 3. The van der Waals surface area contributed by atoms with Crippen molar-refractivity contribution in [2.24, 2.45) is 0 Å². The van der Waals surface area contributed by atoms with Crippen LogP contribution in [0, 0.1) is 0 Å². The average molecular weight is 298 g/mol. The van der Waals surface area contributed by atoms with E-state index in [1.165, 1.54) is 19.3 Å². The van der Waals surface area contributed by atoms with Crippen LogP contribution in [0.1, 0.15) is 42.6 Å². The van der Waals surface area contributed by atoms with Crippen molar-refractivity contribution in [2.45, 2.75) is 50.2 Å². The van der Waals surface area contributed by atoms with Crippen LogP contribution >= 0.6 is 0 Å². The first-order valence-corrected chi connectivity index (χ1v) is 8.18. The first kappa shape index (κ1) is 13.8. The summed E-state index contributed by atoms with van der Waals surface area (Å²) in [5.74, 6) is -0.0509. The molecular weight excluding hydrogens is 276 g/mol. The molecule has 1 amide bonds. The Morgan fingerprint density at radius 3 is 2.77 bits per heavy atom. The number of amides is 1. The predicted molar refractivity (Wildman–Crippen MR) is 85.8 cm³/mol. The van der Waals surface area contributed by atoms with Crippen LogP contribution in [0.2, 0.25) is 0 Å². The standard InChI is InChI=1S/C17H22N4O/c1-21-12-5-4-6-13(21)10-11(9-12)18-17(22)16-14-7-2-3-8-15(14)19-20-16/h2-3,7-8,11-13H,4-6,9-10H2,1H3,(H,18,22)(H,19,20)/t12-,13-/m0/s1. The minimum atomic E-state index is -0.0509. The van der Waals surface area contributed by atoms with Gasteiger partial charge in [0.1, 0.15) is 0 Å². The van der Waals surface area contributed by atoms with E-state index in [9.17, 15) is 4.79 Å². The quantitative estimate of drug-likeness (QED) is 0.894. The number of nitrogens with zero attached hydrogens (tertiary/aromatic N) is 2. The van der Waals surface area contributed by atoms with E-state index in [1.54, 1.807) is 0 Å². The average Bonchev–Trinajstić information content (AvgIpc) is 2.92. The zero-order chi connectivity index (χ0) is 15.1. The molecule has 2 saturated heterocycles. The largest absolute Gasteiger partial charge is 0.348 e. The maximum atomic E-state index is 12.6. The molecule has 0 spiro atoms. The molecule has 5 nitrogen and oxygen atoms in total. The van der Waals surface area contributed by atoms with Gasteiger partial charge in [-0.3, -0.25) is 9.89 Å². The van der Waals surface area contributed by atoms with Crippen LogP contribution in [0.3, 0.4) is 0 Å². The molecule has 2 fully saturated rings. The maximum Gasteiger partial charge on any atom is 0.272 e. The Labute approximate surface area is 130 Å². The number of carbonyl (C=O) groups is 1.